The molecule has 2 aromatic rings. The van der Waals surface area contributed by atoms with Crippen LogP contribution in [0.1, 0.15) is 24.0 Å². The minimum Gasteiger partial charge on any atom is -0.379 e. The van der Waals surface area contributed by atoms with Gasteiger partial charge in [0.05, 0.1) is 26.4 Å². The number of aliphatic hydroxyl groups is 1. The second-order valence-corrected chi connectivity index (χ2v) is 8.06. The summed E-state index contributed by atoms with van der Waals surface area (Å²) in [6.07, 6.45) is 0.714. The zero-order valence-corrected chi connectivity index (χ0v) is 20.8. The Hall–Kier alpha value is -2.69. The fourth-order valence-corrected chi connectivity index (χ4v) is 3.14. The van der Waals surface area contributed by atoms with Crippen LogP contribution in [0.3, 0.4) is 0 Å². The van der Waals surface area contributed by atoms with Crippen molar-refractivity contribution in [1.29, 1.82) is 0 Å². The molecular weight excluding hydrogens is 448 g/mol. The number of hydrogen-bond acceptors (Lipinski definition) is 7. The van der Waals surface area contributed by atoms with Crippen molar-refractivity contribution in [1.82, 2.24) is 10.6 Å². The molecule has 1 unspecified atom stereocenters. The van der Waals surface area contributed by atoms with E-state index >= 15 is 0 Å². The van der Waals surface area contributed by atoms with Crippen molar-refractivity contribution in [3.05, 3.63) is 59.7 Å². The number of benzene rings is 2. The Morgan fingerprint density at radius 1 is 0.771 bits per heavy atom. The molecule has 35 heavy (non-hydrogen) atoms. The van der Waals surface area contributed by atoms with Crippen LogP contribution >= 0.6 is 0 Å². The summed E-state index contributed by atoms with van der Waals surface area (Å²) in [7, 11) is 0. The van der Waals surface area contributed by atoms with E-state index in [2.05, 4.69) is 21.3 Å². The van der Waals surface area contributed by atoms with Crippen molar-refractivity contribution >= 4 is 17.4 Å². The molecule has 2 aromatic carbocycles. The molecule has 194 valence electrons. The molecule has 0 aliphatic carbocycles. The van der Waals surface area contributed by atoms with Crippen LogP contribution in [0.25, 0.3) is 0 Å². The van der Waals surface area contributed by atoms with E-state index in [4.69, 9.17) is 14.2 Å². The smallest absolute Gasteiger partial charge is 0.319 e. The highest BCUT2D eigenvalue weighted by Gasteiger charge is 2.04. The standard InChI is InChI=1S/C26H40N4O5/c1-21-9-3-5-11-23(21)29-25(31)27-13-7-15-33-17-19-35-20-18-34-16-8-14-28-26(32)30-24-12-6-4-10-22(24)2/h3-6,9-12,25,27,29,31H,7-8,13-20H2,1-2H3,(H2,28,30,32). The fraction of sp³-hybridized carbons (Fsp3) is 0.500. The van der Waals surface area contributed by atoms with Crippen LogP contribution in [0.5, 0.6) is 0 Å². The van der Waals surface area contributed by atoms with Crippen molar-refractivity contribution in [2.45, 2.75) is 33.0 Å². The van der Waals surface area contributed by atoms with Crippen LogP contribution in [-0.4, -0.2) is 70.2 Å². The summed E-state index contributed by atoms with van der Waals surface area (Å²) in [4.78, 5) is 11.9. The molecule has 1 atom stereocenters. The number of carbonyl (C=O) groups excluding carboxylic acids is 1. The third-order valence-corrected chi connectivity index (χ3v) is 5.13. The van der Waals surface area contributed by atoms with Gasteiger partial charge in [0.25, 0.3) is 0 Å². The van der Waals surface area contributed by atoms with Gasteiger partial charge in [-0.25, -0.2) is 4.79 Å². The van der Waals surface area contributed by atoms with E-state index in [0.29, 0.717) is 52.7 Å². The predicted molar refractivity (Wildman–Crippen MR) is 139 cm³/mol. The van der Waals surface area contributed by atoms with Gasteiger partial charge in [-0.15, -0.1) is 0 Å². The minimum absolute atomic E-state index is 0.214. The molecular formula is C26H40N4O5. The molecule has 0 spiro atoms. The van der Waals surface area contributed by atoms with Crippen molar-refractivity contribution in [2.24, 2.45) is 0 Å². The average Bonchev–Trinajstić information content (AvgIpc) is 2.84. The lowest BCUT2D eigenvalue weighted by Gasteiger charge is -2.17. The molecule has 0 fully saturated rings. The highest BCUT2D eigenvalue weighted by molar-refractivity contribution is 5.89. The van der Waals surface area contributed by atoms with Crippen LogP contribution in [0.15, 0.2) is 48.5 Å². The van der Waals surface area contributed by atoms with Gasteiger partial charge in [0.1, 0.15) is 0 Å². The quantitative estimate of drug-likeness (QED) is 0.162. The van der Waals surface area contributed by atoms with E-state index in [1.54, 1.807) is 0 Å². The molecule has 0 radical (unpaired) electrons. The van der Waals surface area contributed by atoms with Crippen LogP contribution in [-0.2, 0) is 14.2 Å². The number of para-hydroxylation sites is 2. The molecule has 0 heterocycles. The van der Waals surface area contributed by atoms with Gasteiger partial charge >= 0.3 is 6.03 Å². The maximum atomic E-state index is 11.9. The lowest BCUT2D eigenvalue weighted by Crippen LogP contribution is -2.37. The number of anilines is 2. The molecule has 0 saturated heterocycles. The Balaban J connectivity index is 1.31. The predicted octanol–water partition coefficient (Wildman–Crippen LogP) is 3.23. The highest BCUT2D eigenvalue weighted by atomic mass is 16.5. The molecule has 0 saturated carbocycles. The zero-order chi connectivity index (χ0) is 25.1. The second kappa shape index (κ2) is 17.7. The van der Waals surface area contributed by atoms with Crippen LogP contribution in [0.2, 0.25) is 0 Å². The summed E-state index contributed by atoms with van der Waals surface area (Å²) in [5.74, 6) is 0. The first-order valence-electron chi connectivity index (χ1n) is 12.1. The summed E-state index contributed by atoms with van der Waals surface area (Å²) < 4.78 is 16.5. The Kier molecular flexibility index (Phi) is 14.4. The number of carbonyl (C=O) groups is 1. The number of hydrogen-bond donors (Lipinski definition) is 5. The first-order chi connectivity index (χ1) is 17.1. The van der Waals surface area contributed by atoms with Crippen molar-refractivity contribution in [3.8, 4) is 0 Å². The number of ether oxygens (including phenoxy) is 3. The van der Waals surface area contributed by atoms with Crippen molar-refractivity contribution in [2.75, 3.05) is 63.4 Å². The van der Waals surface area contributed by atoms with E-state index < -0.39 is 6.35 Å². The molecule has 9 heteroatoms. The topological polar surface area (TPSA) is 113 Å². The van der Waals surface area contributed by atoms with E-state index in [1.807, 2.05) is 62.4 Å². The molecule has 9 nitrogen and oxygen atoms in total. The van der Waals surface area contributed by atoms with Gasteiger partial charge in [0.2, 0.25) is 0 Å². The Bertz CT molecular complexity index is 852. The zero-order valence-electron chi connectivity index (χ0n) is 20.8. The van der Waals surface area contributed by atoms with Gasteiger partial charge in [-0.1, -0.05) is 36.4 Å². The number of aryl methyl sites for hydroxylation is 2. The van der Waals surface area contributed by atoms with Gasteiger partial charge in [-0.05, 0) is 49.9 Å². The number of aliphatic hydroxyl groups excluding tert-OH is 1. The monoisotopic (exact) mass is 488 g/mol. The van der Waals surface area contributed by atoms with Crippen LogP contribution < -0.4 is 21.3 Å². The first-order valence-corrected chi connectivity index (χ1v) is 12.1. The number of urea groups is 1. The van der Waals surface area contributed by atoms with E-state index in [9.17, 15) is 9.90 Å². The summed E-state index contributed by atoms with van der Waals surface area (Å²) in [6.45, 7) is 8.31. The van der Waals surface area contributed by atoms with Gasteiger partial charge in [0.15, 0.2) is 6.35 Å². The fourth-order valence-electron chi connectivity index (χ4n) is 3.14. The number of amides is 2. The molecule has 2 amide bonds. The normalized spacial score (nSPS) is 11.7. The van der Waals surface area contributed by atoms with Crippen molar-refractivity contribution < 1.29 is 24.1 Å². The SMILES string of the molecule is Cc1ccccc1NC(=O)NCCCOCCOCCOCCCNC(O)Nc1ccccc1C. The number of rotatable bonds is 18. The molecule has 0 aliphatic heterocycles. The minimum atomic E-state index is -0.800. The van der Waals surface area contributed by atoms with E-state index in [0.717, 1.165) is 35.3 Å². The molecule has 5 N–H and O–H groups in total. The van der Waals surface area contributed by atoms with Gasteiger partial charge in [-0.3, -0.25) is 5.32 Å². The summed E-state index contributed by atoms with van der Waals surface area (Å²) in [5.41, 5.74) is 3.82. The first kappa shape index (κ1) is 28.5. The average molecular weight is 489 g/mol. The number of nitrogens with one attached hydrogen (secondary N) is 4. The Labute approximate surface area is 208 Å². The highest BCUT2D eigenvalue weighted by Crippen LogP contribution is 2.13. The summed E-state index contributed by atoms with van der Waals surface area (Å²) in [5, 5.41) is 21.7. The lowest BCUT2D eigenvalue weighted by molar-refractivity contribution is 0.0135. The summed E-state index contributed by atoms with van der Waals surface area (Å²) >= 11 is 0. The van der Waals surface area contributed by atoms with Crippen LogP contribution in [0.4, 0.5) is 16.2 Å². The van der Waals surface area contributed by atoms with Crippen molar-refractivity contribution in [3.63, 3.8) is 0 Å². The molecule has 0 aliphatic rings. The molecule has 0 aromatic heterocycles. The maximum absolute atomic E-state index is 11.9. The summed E-state index contributed by atoms with van der Waals surface area (Å²) in [6, 6.07) is 15.3. The molecule has 0 bridgehead atoms. The van der Waals surface area contributed by atoms with Crippen LogP contribution in [0, 0.1) is 13.8 Å². The molecule has 2 rings (SSSR count). The Morgan fingerprint density at radius 3 is 1.89 bits per heavy atom. The van der Waals surface area contributed by atoms with Gasteiger partial charge < -0.3 is 35.3 Å². The third-order valence-electron chi connectivity index (χ3n) is 5.13. The van der Waals surface area contributed by atoms with Gasteiger partial charge in [-0.2, -0.15) is 0 Å². The van der Waals surface area contributed by atoms with Gasteiger partial charge in [0, 0.05) is 37.7 Å². The van der Waals surface area contributed by atoms with E-state index in [1.165, 1.54) is 0 Å². The lowest BCUT2D eigenvalue weighted by atomic mass is 10.2. The third kappa shape index (κ3) is 13.1. The maximum Gasteiger partial charge on any atom is 0.319 e. The Morgan fingerprint density at radius 2 is 1.29 bits per heavy atom. The second-order valence-electron chi connectivity index (χ2n) is 8.06. The largest absolute Gasteiger partial charge is 0.379 e. The van der Waals surface area contributed by atoms with E-state index in [-0.39, 0.29) is 6.03 Å².